The van der Waals surface area contributed by atoms with Crippen molar-refractivity contribution < 1.29 is 17.6 Å². The lowest BCUT2D eigenvalue weighted by atomic mass is 10.0. The van der Waals surface area contributed by atoms with Crippen LogP contribution in [0.1, 0.15) is 35.8 Å². The molecule has 3 rings (SSSR count). The number of benzene rings is 2. The Balaban J connectivity index is 0.00000280. The van der Waals surface area contributed by atoms with Crippen LogP contribution in [-0.2, 0) is 10.0 Å². The van der Waals surface area contributed by atoms with E-state index in [1.165, 1.54) is 28.6 Å². The van der Waals surface area contributed by atoms with E-state index in [2.05, 4.69) is 5.32 Å². The van der Waals surface area contributed by atoms with Crippen LogP contribution in [0.15, 0.2) is 53.4 Å². The predicted octanol–water partition coefficient (Wildman–Crippen LogP) is 3.42. The van der Waals surface area contributed by atoms with Crippen LogP contribution in [0, 0.1) is 11.7 Å². The summed E-state index contributed by atoms with van der Waals surface area (Å²) in [7, 11) is -3.78. The summed E-state index contributed by atoms with van der Waals surface area (Å²) in [4.78, 5) is 12.2. The van der Waals surface area contributed by atoms with Crippen LogP contribution in [0.2, 0.25) is 0 Å². The average Bonchev–Trinajstić information content (AvgIpc) is 2.67. The highest BCUT2D eigenvalue weighted by atomic mass is 35.5. The van der Waals surface area contributed by atoms with Gasteiger partial charge in [0.1, 0.15) is 5.82 Å². The van der Waals surface area contributed by atoms with E-state index in [0.717, 1.165) is 0 Å². The van der Waals surface area contributed by atoms with Crippen molar-refractivity contribution in [2.75, 3.05) is 19.6 Å². The van der Waals surface area contributed by atoms with E-state index in [1.54, 1.807) is 38.1 Å². The van der Waals surface area contributed by atoms with Crippen molar-refractivity contribution in [1.82, 2.24) is 9.62 Å². The van der Waals surface area contributed by atoms with Gasteiger partial charge in [-0.15, -0.1) is 12.4 Å². The molecular weight excluding hydrogens is 403 g/mol. The molecule has 1 aliphatic rings. The van der Waals surface area contributed by atoms with Crippen LogP contribution in [-0.4, -0.2) is 38.1 Å². The van der Waals surface area contributed by atoms with Gasteiger partial charge in [0.2, 0.25) is 10.0 Å². The Bertz CT molecular complexity index is 933. The average molecular weight is 427 g/mol. The van der Waals surface area contributed by atoms with E-state index in [9.17, 15) is 17.6 Å². The van der Waals surface area contributed by atoms with Crippen LogP contribution in [0.5, 0.6) is 0 Å². The summed E-state index contributed by atoms with van der Waals surface area (Å²) < 4.78 is 41.4. The summed E-state index contributed by atoms with van der Waals surface area (Å²) in [6.07, 6.45) is 0. The molecule has 0 spiro atoms. The van der Waals surface area contributed by atoms with E-state index < -0.39 is 21.9 Å². The van der Waals surface area contributed by atoms with Crippen LogP contribution in [0.25, 0.3) is 0 Å². The van der Waals surface area contributed by atoms with Gasteiger partial charge >= 0.3 is 0 Å². The molecule has 5 nitrogen and oxygen atoms in total. The topological polar surface area (TPSA) is 66.5 Å². The molecule has 2 aromatic carbocycles. The summed E-state index contributed by atoms with van der Waals surface area (Å²) in [6, 6.07) is 11.6. The number of sulfonamides is 1. The third-order valence-corrected chi connectivity index (χ3v) is 6.62. The van der Waals surface area contributed by atoms with Crippen LogP contribution < -0.4 is 5.32 Å². The van der Waals surface area contributed by atoms with E-state index in [0.29, 0.717) is 24.2 Å². The van der Waals surface area contributed by atoms with E-state index >= 15 is 0 Å². The Morgan fingerprint density at radius 3 is 2.46 bits per heavy atom. The van der Waals surface area contributed by atoms with Crippen molar-refractivity contribution in [2.45, 2.75) is 24.8 Å². The lowest BCUT2D eigenvalue weighted by Crippen LogP contribution is -2.48. The number of nitrogens with one attached hydrogen (secondary N) is 1. The van der Waals surface area contributed by atoms with Gasteiger partial charge in [-0.25, -0.2) is 12.8 Å². The number of hydrogen-bond donors (Lipinski definition) is 1. The van der Waals surface area contributed by atoms with Crippen molar-refractivity contribution in [3.05, 3.63) is 65.5 Å². The molecule has 0 aliphatic carbocycles. The number of halogens is 2. The van der Waals surface area contributed by atoms with Crippen molar-refractivity contribution in [3.8, 4) is 0 Å². The normalized spacial score (nSPS) is 17.9. The number of rotatable bonds is 5. The lowest BCUT2D eigenvalue weighted by Gasteiger charge is -2.35. The van der Waals surface area contributed by atoms with Crippen LogP contribution in [0.4, 0.5) is 4.39 Å². The Hall–Kier alpha value is -1.80. The third-order valence-electron chi connectivity index (χ3n) is 4.70. The zero-order valence-electron chi connectivity index (χ0n) is 15.8. The zero-order chi connectivity index (χ0) is 19.6. The largest absolute Gasteiger partial charge is 0.313 e. The second kappa shape index (κ2) is 9.13. The fourth-order valence-electron chi connectivity index (χ4n) is 3.23. The van der Waals surface area contributed by atoms with E-state index in [4.69, 9.17) is 0 Å². The standard InChI is InChI=1S/C20H23FN2O3S.ClH/c1-14(2)20(24)15-6-8-18(9-7-15)27(25,26)23-11-10-22-13-19(23)16-4-3-5-17(21)12-16;/h3-9,12,14,19,22H,10-11,13H2,1-2H3;1H. The molecule has 1 N–H and O–H groups in total. The summed E-state index contributed by atoms with van der Waals surface area (Å²) >= 11 is 0. The smallest absolute Gasteiger partial charge is 0.243 e. The molecule has 152 valence electrons. The quantitative estimate of drug-likeness (QED) is 0.744. The molecule has 1 unspecified atom stereocenters. The number of piperazine rings is 1. The van der Waals surface area contributed by atoms with Crippen molar-refractivity contribution in [2.24, 2.45) is 5.92 Å². The summed E-state index contributed by atoms with van der Waals surface area (Å²) in [5.41, 5.74) is 1.10. The van der Waals surface area contributed by atoms with Gasteiger partial charge in [-0.05, 0) is 29.8 Å². The Morgan fingerprint density at radius 2 is 1.86 bits per heavy atom. The molecule has 2 aromatic rings. The Kier molecular flexibility index (Phi) is 7.33. The van der Waals surface area contributed by atoms with Gasteiger partial charge in [0.05, 0.1) is 10.9 Å². The molecule has 0 bridgehead atoms. The molecule has 8 heteroatoms. The SMILES string of the molecule is CC(C)C(=O)c1ccc(S(=O)(=O)N2CCNCC2c2cccc(F)c2)cc1.Cl. The highest BCUT2D eigenvalue weighted by Gasteiger charge is 2.34. The second-order valence-corrected chi connectivity index (χ2v) is 8.82. The number of carbonyl (C=O) groups excluding carboxylic acids is 1. The number of ketones is 1. The minimum absolute atomic E-state index is 0. The van der Waals surface area contributed by atoms with Gasteiger partial charge in [0, 0.05) is 31.1 Å². The maximum absolute atomic E-state index is 13.6. The Morgan fingerprint density at radius 1 is 1.18 bits per heavy atom. The first-order valence-corrected chi connectivity index (χ1v) is 10.4. The molecule has 1 atom stereocenters. The molecule has 1 fully saturated rings. The summed E-state index contributed by atoms with van der Waals surface area (Å²) in [5, 5.41) is 3.17. The van der Waals surface area contributed by atoms with E-state index in [-0.39, 0.29) is 35.5 Å². The number of hydrogen-bond acceptors (Lipinski definition) is 4. The molecule has 0 radical (unpaired) electrons. The highest BCUT2D eigenvalue weighted by molar-refractivity contribution is 7.89. The van der Waals surface area contributed by atoms with Gasteiger partial charge in [-0.3, -0.25) is 4.79 Å². The Labute approximate surface area is 171 Å². The van der Waals surface area contributed by atoms with Gasteiger partial charge in [-0.2, -0.15) is 4.31 Å². The van der Waals surface area contributed by atoms with Crippen LogP contribution in [0.3, 0.4) is 0 Å². The molecule has 1 aliphatic heterocycles. The number of Topliss-reactive ketones (excluding diaryl/α,β-unsaturated/α-hetero) is 1. The fourth-order valence-corrected chi connectivity index (χ4v) is 4.84. The third kappa shape index (κ3) is 4.60. The first-order chi connectivity index (χ1) is 12.8. The minimum atomic E-state index is -3.78. The maximum Gasteiger partial charge on any atom is 0.243 e. The van der Waals surface area contributed by atoms with Gasteiger partial charge in [-0.1, -0.05) is 38.1 Å². The first kappa shape index (κ1) is 22.5. The number of nitrogens with zero attached hydrogens (tertiary/aromatic N) is 1. The summed E-state index contributed by atoms with van der Waals surface area (Å²) in [5.74, 6) is -0.580. The lowest BCUT2D eigenvalue weighted by molar-refractivity contribution is 0.0939. The van der Waals surface area contributed by atoms with E-state index in [1.807, 2.05) is 0 Å². The van der Waals surface area contributed by atoms with Crippen molar-refractivity contribution in [3.63, 3.8) is 0 Å². The van der Waals surface area contributed by atoms with Gasteiger partial charge in [0.15, 0.2) is 5.78 Å². The van der Waals surface area contributed by atoms with Crippen LogP contribution >= 0.6 is 12.4 Å². The van der Waals surface area contributed by atoms with Crippen molar-refractivity contribution >= 4 is 28.2 Å². The maximum atomic E-state index is 13.6. The van der Waals surface area contributed by atoms with Crippen molar-refractivity contribution in [1.29, 1.82) is 0 Å². The molecule has 1 heterocycles. The highest BCUT2D eigenvalue weighted by Crippen LogP contribution is 2.29. The predicted molar refractivity (Wildman–Crippen MR) is 109 cm³/mol. The second-order valence-electron chi connectivity index (χ2n) is 6.93. The molecule has 1 saturated heterocycles. The zero-order valence-corrected chi connectivity index (χ0v) is 17.4. The fraction of sp³-hybridized carbons (Fsp3) is 0.350. The minimum Gasteiger partial charge on any atom is -0.313 e. The monoisotopic (exact) mass is 426 g/mol. The van der Waals surface area contributed by atoms with Gasteiger partial charge in [0.25, 0.3) is 0 Å². The molecular formula is C20H24ClFN2O3S. The molecule has 28 heavy (non-hydrogen) atoms. The van der Waals surface area contributed by atoms with Gasteiger partial charge < -0.3 is 5.32 Å². The molecule has 0 amide bonds. The first-order valence-electron chi connectivity index (χ1n) is 8.93. The summed E-state index contributed by atoms with van der Waals surface area (Å²) in [6.45, 7) is 4.83. The number of carbonyl (C=O) groups is 1. The molecule has 0 saturated carbocycles. The molecule has 0 aromatic heterocycles.